The van der Waals surface area contributed by atoms with Gasteiger partial charge in [-0.1, -0.05) is 49.4 Å². The van der Waals surface area contributed by atoms with Crippen LogP contribution in [0.2, 0.25) is 0 Å². The minimum atomic E-state index is -0.407. The average molecular weight is 325 g/mol. The van der Waals surface area contributed by atoms with Gasteiger partial charge in [-0.25, -0.2) is 0 Å². The van der Waals surface area contributed by atoms with E-state index in [-0.39, 0.29) is 5.69 Å². The number of benzene rings is 3. The van der Waals surface area contributed by atoms with E-state index in [1.165, 1.54) is 6.07 Å². The van der Waals surface area contributed by atoms with Crippen molar-refractivity contribution in [2.45, 2.75) is 18.2 Å². The van der Waals surface area contributed by atoms with Crippen LogP contribution in [-0.2, 0) is 6.42 Å². The van der Waals surface area contributed by atoms with Gasteiger partial charge in [-0.3, -0.25) is 10.1 Å². The molecule has 0 N–H and O–H groups in total. The Morgan fingerprint density at radius 1 is 1.04 bits per heavy atom. The van der Waals surface area contributed by atoms with E-state index in [2.05, 4.69) is 0 Å². The summed E-state index contributed by atoms with van der Waals surface area (Å²) in [7, 11) is 0. The molecule has 116 valence electrons. The van der Waals surface area contributed by atoms with E-state index in [0.29, 0.717) is 12.2 Å². The van der Waals surface area contributed by atoms with E-state index in [1.54, 1.807) is 6.07 Å². The van der Waals surface area contributed by atoms with Gasteiger partial charge in [-0.15, -0.1) is 0 Å². The molecule has 0 atom stereocenters. The van der Waals surface area contributed by atoms with Gasteiger partial charge in [-0.05, 0) is 29.3 Å². The van der Waals surface area contributed by atoms with Crippen LogP contribution in [0.25, 0.3) is 10.8 Å². The van der Waals surface area contributed by atoms with Crippen LogP contribution in [0, 0.1) is 10.1 Å². The van der Waals surface area contributed by atoms with Crippen molar-refractivity contribution in [3.05, 3.63) is 76.3 Å². The van der Waals surface area contributed by atoms with E-state index < -0.39 is 4.92 Å². The maximum atomic E-state index is 11.2. The van der Waals surface area contributed by atoms with E-state index in [1.807, 2.05) is 55.5 Å². The number of nitrogens with zero attached hydrogens (tertiary/aromatic N) is 1. The van der Waals surface area contributed by atoms with Gasteiger partial charge in [0.25, 0.3) is 0 Å². The molecule has 5 heteroatoms. The predicted molar refractivity (Wildman–Crippen MR) is 92.9 cm³/mol. The van der Waals surface area contributed by atoms with Crippen molar-refractivity contribution in [1.29, 1.82) is 0 Å². The van der Waals surface area contributed by atoms with Crippen LogP contribution in [0.15, 0.2) is 65.6 Å². The first kappa shape index (κ1) is 15.4. The topological polar surface area (TPSA) is 52.4 Å². The molecule has 0 fully saturated rings. The SMILES string of the molecule is CCc1cccc([N+](=O)[O-])c1OSc1ccc2ccccc2c1. The van der Waals surface area contributed by atoms with Crippen molar-refractivity contribution < 1.29 is 9.11 Å². The Kier molecular flexibility index (Phi) is 4.48. The summed E-state index contributed by atoms with van der Waals surface area (Å²) in [4.78, 5) is 11.7. The highest BCUT2D eigenvalue weighted by Gasteiger charge is 2.19. The Bertz CT molecular complexity index is 864. The summed E-state index contributed by atoms with van der Waals surface area (Å²) in [5, 5.41) is 13.5. The smallest absolute Gasteiger partial charge is 0.312 e. The molecule has 3 rings (SSSR count). The first-order valence-electron chi connectivity index (χ1n) is 7.28. The van der Waals surface area contributed by atoms with Crippen molar-refractivity contribution in [2.24, 2.45) is 0 Å². The van der Waals surface area contributed by atoms with Crippen LogP contribution in [0.3, 0.4) is 0 Å². The van der Waals surface area contributed by atoms with E-state index >= 15 is 0 Å². The second kappa shape index (κ2) is 6.71. The van der Waals surface area contributed by atoms with E-state index in [0.717, 1.165) is 33.3 Å². The molecule has 0 aliphatic rings. The van der Waals surface area contributed by atoms with Gasteiger partial charge < -0.3 is 4.18 Å². The molecule has 0 aromatic heterocycles. The Labute approximate surface area is 138 Å². The number of nitro benzene ring substituents is 1. The van der Waals surface area contributed by atoms with Crippen LogP contribution < -0.4 is 4.18 Å². The summed E-state index contributed by atoms with van der Waals surface area (Å²) in [6, 6.07) is 19.0. The number of rotatable bonds is 5. The Balaban J connectivity index is 1.88. The monoisotopic (exact) mass is 325 g/mol. The fourth-order valence-corrected chi connectivity index (χ4v) is 3.07. The lowest BCUT2D eigenvalue weighted by Gasteiger charge is -2.09. The van der Waals surface area contributed by atoms with Gasteiger partial charge >= 0.3 is 5.69 Å². The van der Waals surface area contributed by atoms with Crippen molar-refractivity contribution >= 4 is 28.5 Å². The first-order chi connectivity index (χ1) is 11.2. The molecule has 3 aromatic rings. The quantitative estimate of drug-likeness (QED) is 0.358. The zero-order chi connectivity index (χ0) is 16.2. The minimum Gasteiger partial charge on any atom is -0.413 e. The Morgan fingerprint density at radius 3 is 2.57 bits per heavy atom. The molecule has 23 heavy (non-hydrogen) atoms. The fourth-order valence-electron chi connectivity index (χ4n) is 2.40. The summed E-state index contributed by atoms with van der Waals surface area (Å²) < 4.78 is 5.73. The zero-order valence-electron chi connectivity index (χ0n) is 12.6. The number of hydrogen-bond acceptors (Lipinski definition) is 4. The number of para-hydroxylation sites is 1. The molecule has 0 saturated heterocycles. The normalized spacial score (nSPS) is 10.7. The average Bonchev–Trinajstić information content (AvgIpc) is 2.59. The summed E-state index contributed by atoms with van der Waals surface area (Å²) in [6.07, 6.45) is 0.676. The highest BCUT2D eigenvalue weighted by atomic mass is 32.2. The molecule has 3 aromatic carbocycles. The highest BCUT2D eigenvalue weighted by molar-refractivity contribution is 7.95. The second-order valence-corrected chi connectivity index (χ2v) is 5.86. The van der Waals surface area contributed by atoms with Gasteiger partial charge in [0.1, 0.15) is 0 Å². The van der Waals surface area contributed by atoms with Gasteiger partial charge in [0.15, 0.2) is 0 Å². The summed E-state index contributed by atoms with van der Waals surface area (Å²) >= 11 is 1.15. The molecular formula is C18H15NO3S. The summed E-state index contributed by atoms with van der Waals surface area (Å²) in [5.74, 6) is 0.332. The number of fused-ring (bicyclic) bond motifs is 1. The molecule has 0 heterocycles. The zero-order valence-corrected chi connectivity index (χ0v) is 13.4. The van der Waals surface area contributed by atoms with Crippen molar-refractivity contribution in [2.75, 3.05) is 0 Å². The molecule has 0 radical (unpaired) electrons. The minimum absolute atomic E-state index is 0.00219. The van der Waals surface area contributed by atoms with Crippen LogP contribution in [0.5, 0.6) is 5.75 Å². The summed E-state index contributed by atoms with van der Waals surface area (Å²) in [5.41, 5.74) is 0.824. The molecule has 4 nitrogen and oxygen atoms in total. The molecule has 0 aliphatic heterocycles. The third-order valence-electron chi connectivity index (χ3n) is 3.60. The summed E-state index contributed by atoms with van der Waals surface area (Å²) in [6.45, 7) is 1.95. The highest BCUT2D eigenvalue weighted by Crippen LogP contribution is 2.36. The van der Waals surface area contributed by atoms with Crippen molar-refractivity contribution in [3.8, 4) is 5.75 Å². The Hall–Kier alpha value is -2.53. The van der Waals surface area contributed by atoms with Crippen LogP contribution in [0.1, 0.15) is 12.5 Å². The second-order valence-electron chi connectivity index (χ2n) is 5.05. The van der Waals surface area contributed by atoms with Gasteiger partial charge in [0.05, 0.1) is 17.0 Å². The predicted octanol–water partition coefficient (Wildman–Crippen LogP) is 5.40. The van der Waals surface area contributed by atoms with Gasteiger partial charge in [0, 0.05) is 16.5 Å². The number of aryl methyl sites for hydroxylation is 1. The lowest BCUT2D eigenvalue weighted by molar-refractivity contribution is -0.385. The van der Waals surface area contributed by atoms with Crippen molar-refractivity contribution in [3.63, 3.8) is 0 Å². The first-order valence-corrected chi connectivity index (χ1v) is 8.03. The van der Waals surface area contributed by atoms with Gasteiger partial charge in [-0.2, -0.15) is 0 Å². The molecule has 0 aliphatic carbocycles. The lowest BCUT2D eigenvalue weighted by Crippen LogP contribution is -1.96. The molecule has 0 bridgehead atoms. The maximum Gasteiger partial charge on any atom is 0.312 e. The van der Waals surface area contributed by atoms with Crippen molar-refractivity contribution in [1.82, 2.24) is 0 Å². The maximum absolute atomic E-state index is 11.2. The molecule has 0 amide bonds. The molecule has 0 unspecified atom stereocenters. The van der Waals surface area contributed by atoms with Crippen LogP contribution in [0.4, 0.5) is 5.69 Å². The standard InChI is InChI=1S/C18H15NO3S/c1-2-13-8-5-9-17(19(20)21)18(13)22-23-16-11-10-14-6-3-4-7-15(14)12-16/h3-12H,2H2,1H3. The largest absolute Gasteiger partial charge is 0.413 e. The van der Waals surface area contributed by atoms with E-state index in [9.17, 15) is 10.1 Å². The Morgan fingerprint density at radius 2 is 1.83 bits per heavy atom. The number of nitro groups is 1. The van der Waals surface area contributed by atoms with E-state index in [4.69, 9.17) is 4.18 Å². The molecule has 0 spiro atoms. The fraction of sp³-hybridized carbons (Fsp3) is 0.111. The van der Waals surface area contributed by atoms with Gasteiger partial charge in [0.2, 0.25) is 5.75 Å². The number of hydrogen-bond donors (Lipinski definition) is 0. The molecular weight excluding hydrogens is 310 g/mol. The lowest BCUT2D eigenvalue weighted by atomic mass is 10.1. The third kappa shape index (κ3) is 3.29. The van der Waals surface area contributed by atoms with Crippen LogP contribution >= 0.6 is 12.0 Å². The molecule has 0 saturated carbocycles. The third-order valence-corrected chi connectivity index (χ3v) is 4.29. The van der Waals surface area contributed by atoms with Crippen LogP contribution in [-0.4, -0.2) is 4.92 Å².